The summed E-state index contributed by atoms with van der Waals surface area (Å²) >= 11 is 0. The minimum Gasteiger partial charge on any atom is -0.277 e. The van der Waals surface area contributed by atoms with Crippen LogP contribution in [0.5, 0.6) is 0 Å². The average molecular weight is 164 g/mol. The molecule has 2 nitrogen and oxygen atoms in total. The molecule has 0 spiro atoms. The molecule has 1 aliphatic heterocycles. The summed E-state index contributed by atoms with van der Waals surface area (Å²) in [5.74, 6) is 0. The second kappa shape index (κ2) is 2.27. The molecule has 1 heterocycles. The number of amidine groups is 1. The van der Waals surface area contributed by atoms with Crippen molar-refractivity contribution in [3.63, 3.8) is 0 Å². The van der Waals surface area contributed by atoms with Crippen LogP contribution in [0.1, 0.15) is 0 Å². The molecular weight excluding hydrogens is 156 g/mol. The lowest BCUT2D eigenvalue weighted by Gasteiger charge is -1.88. The maximum Gasteiger partial charge on any atom is 0.175 e. The maximum atomic E-state index is 7.49. The second-order valence-corrected chi connectivity index (χ2v) is 4.24. The summed E-state index contributed by atoms with van der Waals surface area (Å²) in [5.41, 5.74) is 0. The minimum absolute atomic E-state index is 0.0759. The van der Waals surface area contributed by atoms with Gasteiger partial charge in [-0.25, -0.2) is 4.99 Å². The molecule has 11 heavy (non-hydrogen) atoms. The van der Waals surface area contributed by atoms with E-state index in [-0.39, 0.29) is 10.5 Å². The van der Waals surface area contributed by atoms with E-state index in [1.54, 1.807) is 0 Å². The van der Waals surface area contributed by atoms with Crippen molar-refractivity contribution in [2.75, 3.05) is 6.26 Å². The van der Waals surface area contributed by atoms with E-state index in [1.807, 2.05) is 30.5 Å². The standard InChI is InChI=1S/C8H8N2S/c1-11-7-5-3-2-4-6(7)10-8(11)9/h2-5,9H,1H3. The molecule has 1 atom stereocenters. The van der Waals surface area contributed by atoms with Crippen LogP contribution in [-0.4, -0.2) is 11.4 Å². The van der Waals surface area contributed by atoms with Gasteiger partial charge in [0, 0.05) is 4.51 Å². The Bertz CT molecular complexity index is 434. The van der Waals surface area contributed by atoms with Crippen LogP contribution in [0.2, 0.25) is 0 Å². The van der Waals surface area contributed by atoms with Gasteiger partial charge < -0.3 is 0 Å². The zero-order valence-corrected chi connectivity index (χ0v) is 6.98. The summed E-state index contributed by atoms with van der Waals surface area (Å²) in [6, 6.07) is 7.96. The number of para-hydroxylation sites is 1. The lowest BCUT2D eigenvalue weighted by molar-refractivity contribution is 1.38. The van der Waals surface area contributed by atoms with Crippen molar-refractivity contribution >= 4 is 15.7 Å². The summed E-state index contributed by atoms with van der Waals surface area (Å²) in [5, 5.41) is 8.97. The fourth-order valence-corrected chi connectivity index (χ4v) is 2.24. The van der Waals surface area contributed by atoms with E-state index in [1.165, 1.54) is 4.51 Å². The van der Waals surface area contributed by atoms with Crippen molar-refractivity contribution in [1.29, 1.82) is 5.41 Å². The van der Waals surface area contributed by atoms with Crippen LogP contribution in [0.15, 0.2) is 29.3 Å². The molecule has 1 aliphatic rings. The lowest BCUT2D eigenvalue weighted by atomic mass is 10.3. The average Bonchev–Trinajstić information content (AvgIpc) is 2.30. The Morgan fingerprint density at radius 3 is 2.82 bits per heavy atom. The molecule has 3 heteroatoms. The Hall–Kier alpha value is -0.960. The zero-order chi connectivity index (χ0) is 7.84. The first-order valence-corrected chi connectivity index (χ1v) is 4.97. The summed E-state index contributed by atoms with van der Waals surface area (Å²) in [6.45, 7) is 0. The predicted molar refractivity (Wildman–Crippen MR) is 47.7 cm³/mol. The van der Waals surface area contributed by atoms with Crippen LogP contribution in [0.25, 0.3) is 0 Å². The third-order valence-corrected chi connectivity index (χ3v) is 3.38. The quantitative estimate of drug-likeness (QED) is 0.563. The number of hydrogen-bond donors (Lipinski definition) is 1. The van der Waals surface area contributed by atoms with Gasteiger partial charge in [-0.2, -0.15) is 0 Å². The highest BCUT2D eigenvalue weighted by Crippen LogP contribution is 2.16. The van der Waals surface area contributed by atoms with Gasteiger partial charge >= 0.3 is 0 Å². The van der Waals surface area contributed by atoms with E-state index >= 15 is 0 Å². The molecule has 1 N–H and O–H groups in total. The first-order chi connectivity index (χ1) is 5.29. The van der Waals surface area contributed by atoms with E-state index in [4.69, 9.17) is 5.41 Å². The summed E-state index contributed by atoms with van der Waals surface area (Å²) in [4.78, 5) is 4.13. The van der Waals surface area contributed by atoms with E-state index in [9.17, 15) is 0 Å². The molecule has 0 saturated carbocycles. The third-order valence-electron chi connectivity index (χ3n) is 1.71. The molecule has 1 unspecified atom stereocenters. The van der Waals surface area contributed by atoms with Gasteiger partial charge in [0.1, 0.15) is 0 Å². The normalized spacial score (nSPS) is 21.2. The molecule has 2 rings (SSSR count). The smallest absolute Gasteiger partial charge is 0.175 e. The van der Waals surface area contributed by atoms with Gasteiger partial charge in [0.2, 0.25) is 0 Å². The van der Waals surface area contributed by atoms with Crippen LogP contribution in [0.3, 0.4) is 0 Å². The molecule has 0 bridgehead atoms. The monoisotopic (exact) mass is 164 g/mol. The largest absolute Gasteiger partial charge is 0.277 e. The van der Waals surface area contributed by atoms with E-state index in [0.717, 1.165) is 5.36 Å². The van der Waals surface area contributed by atoms with Crippen LogP contribution in [-0.2, 0) is 0 Å². The van der Waals surface area contributed by atoms with Gasteiger partial charge in [0.15, 0.2) is 5.17 Å². The van der Waals surface area contributed by atoms with Crippen molar-refractivity contribution in [2.24, 2.45) is 4.99 Å². The van der Waals surface area contributed by atoms with Crippen molar-refractivity contribution in [2.45, 2.75) is 0 Å². The third kappa shape index (κ3) is 0.922. The fraction of sp³-hybridized carbons (Fsp3) is 0.125. The van der Waals surface area contributed by atoms with Crippen molar-refractivity contribution in [1.82, 2.24) is 0 Å². The summed E-state index contributed by atoms with van der Waals surface area (Å²) in [6.07, 6.45) is 2.04. The highest BCUT2D eigenvalue weighted by atomic mass is 32.2. The molecule has 0 amide bonds. The Kier molecular flexibility index (Phi) is 1.39. The molecule has 0 aromatic heterocycles. The fourth-order valence-electron chi connectivity index (χ4n) is 1.09. The van der Waals surface area contributed by atoms with Crippen LogP contribution in [0.4, 0.5) is 0 Å². The maximum absolute atomic E-state index is 7.49. The lowest BCUT2D eigenvalue weighted by Crippen LogP contribution is -1.97. The zero-order valence-electron chi connectivity index (χ0n) is 6.16. The molecule has 1 aromatic rings. The number of benzene rings is 1. The minimum atomic E-state index is -0.0759. The number of fused-ring (bicyclic) bond motifs is 1. The van der Waals surface area contributed by atoms with Gasteiger partial charge in [-0.1, -0.05) is 12.1 Å². The van der Waals surface area contributed by atoms with Gasteiger partial charge in [0.25, 0.3) is 0 Å². The molecule has 0 saturated heterocycles. The number of nitrogens with zero attached hydrogens (tertiary/aromatic N) is 1. The van der Waals surface area contributed by atoms with Gasteiger partial charge in [-0.3, -0.25) is 5.41 Å². The van der Waals surface area contributed by atoms with E-state index < -0.39 is 0 Å². The number of rotatable bonds is 0. The SMILES string of the molecule is CS1=c2ccccc2=NC1=N. The first kappa shape index (κ1) is 6.73. The van der Waals surface area contributed by atoms with Crippen molar-refractivity contribution in [3.8, 4) is 0 Å². The van der Waals surface area contributed by atoms with Crippen LogP contribution in [0, 0.1) is 9.92 Å². The second-order valence-electron chi connectivity index (χ2n) is 2.39. The van der Waals surface area contributed by atoms with Gasteiger partial charge in [0.05, 0.1) is 5.36 Å². The summed E-state index contributed by atoms with van der Waals surface area (Å²) in [7, 11) is -0.0759. The summed E-state index contributed by atoms with van der Waals surface area (Å²) < 4.78 is 1.21. The van der Waals surface area contributed by atoms with Crippen LogP contribution >= 0.6 is 10.5 Å². The molecule has 0 fully saturated rings. The Balaban J connectivity index is 3.00. The predicted octanol–water partition coefficient (Wildman–Crippen LogP) is 1.40. The van der Waals surface area contributed by atoms with Gasteiger partial charge in [-0.15, -0.1) is 10.5 Å². The Morgan fingerprint density at radius 2 is 2.09 bits per heavy atom. The van der Waals surface area contributed by atoms with Gasteiger partial charge in [-0.05, 0) is 18.4 Å². The highest BCUT2D eigenvalue weighted by Gasteiger charge is 2.04. The Morgan fingerprint density at radius 1 is 1.36 bits per heavy atom. The van der Waals surface area contributed by atoms with E-state index in [0.29, 0.717) is 5.17 Å². The van der Waals surface area contributed by atoms with Crippen molar-refractivity contribution < 1.29 is 0 Å². The topological polar surface area (TPSA) is 36.2 Å². The molecule has 56 valence electrons. The molecule has 0 aliphatic carbocycles. The number of hydrogen-bond acceptors (Lipinski definition) is 1. The molecule has 0 radical (unpaired) electrons. The van der Waals surface area contributed by atoms with Crippen molar-refractivity contribution in [3.05, 3.63) is 34.1 Å². The van der Waals surface area contributed by atoms with Crippen LogP contribution < -0.4 is 5.36 Å². The Labute approximate surface area is 67.0 Å². The molecule has 1 aromatic carbocycles. The highest BCUT2D eigenvalue weighted by molar-refractivity contribution is 8.22. The first-order valence-electron chi connectivity index (χ1n) is 3.34. The van der Waals surface area contributed by atoms with E-state index in [2.05, 4.69) is 4.99 Å². The molecular formula is C8H8N2S. The number of nitrogens with one attached hydrogen (secondary N) is 1.